The van der Waals surface area contributed by atoms with E-state index in [1.807, 2.05) is 24.3 Å². The highest BCUT2D eigenvalue weighted by Gasteiger charge is 2.31. The van der Waals surface area contributed by atoms with Crippen LogP contribution in [0.1, 0.15) is 30.9 Å². The van der Waals surface area contributed by atoms with Gasteiger partial charge < -0.3 is 5.11 Å². The van der Waals surface area contributed by atoms with Crippen LogP contribution < -0.4 is 0 Å². The van der Waals surface area contributed by atoms with Gasteiger partial charge in [0.2, 0.25) is 0 Å². The second-order valence-corrected chi connectivity index (χ2v) is 4.83. The Morgan fingerprint density at radius 3 is 2.72 bits per heavy atom. The van der Waals surface area contributed by atoms with Gasteiger partial charge in [-0.25, -0.2) is 4.98 Å². The van der Waals surface area contributed by atoms with Crippen LogP contribution in [0.3, 0.4) is 0 Å². The fourth-order valence-corrected chi connectivity index (χ4v) is 2.64. The topological polar surface area (TPSA) is 63.1 Å². The molecule has 4 nitrogen and oxygen atoms in total. The summed E-state index contributed by atoms with van der Waals surface area (Å²) in [6, 6.07) is 7.75. The Hall–Kier alpha value is -1.97. The summed E-state index contributed by atoms with van der Waals surface area (Å²) in [4.78, 5) is 19.9. The molecule has 0 bridgehead atoms. The first-order valence-corrected chi connectivity index (χ1v) is 6.18. The zero-order valence-electron chi connectivity index (χ0n) is 9.91. The average Bonchev–Trinajstić information content (AvgIpc) is 2.88. The van der Waals surface area contributed by atoms with Gasteiger partial charge in [0, 0.05) is 12.1 Å². The van der Waals surface area contributed by atoms with Gasteiger partial charge in [0.1, 0.15) is 0 Å². The van der Waals surface area contributed by atoms with Crippen LogP contribution in [-0.2, 0) is 4.79 Å². The van der Waals surface area contributed by atoms with Crippen molar-refractivity contribution in [2.24, 2.45) is 5.92 Å². The zero-order valence-corrected chi connectivity index (χ0v) is 9.91. The molecule has 2 aromatic rings. The van der Waals surface area contributed by atoms with Crippen molar-refractivity contribution in [3.8, 4) is 0 Å². The maximum absolute atomic E-state index is 11.0. The minimum absolute atomic E-state index is 0.219. The molecule has 1 saturated carbocycles. The van der Waals surface area contributed by atoms with Gasteiger partial charge in [0.15, 0.2) is 0 Å². The Morgan fingerprint density at radius 1 is 1.22 bits per heavy atom. The van der Waals surface area contributed by atoms with Crippen LogP contribution in [0.2, 0.25) is 0 Å². The first-order chi connectivity index (χ1) is 8.74. The molecule has 0 aliphatic heterocycles. The van der Waals surface area contributed by atoms with E-state index in [0.717, 1.165) is 29.6 Å². The smallest absolute Gasteiger partial charge is 0.306 e. The summed E-state index contributed by atoms with van der Waals surface area (Å²) < 4.78 is 0. The number of nitrogens with zero attached hydrogens (tertiary/aromatic N) is 2. The maximum atomic E-state index is 11.0. The van der Waals surface area contributed by atoms with Crippen molar-refractivity contribution in [1.29, 1.82) is 0 Å². The molecule has 0 saturated heterocycles. The van der Waals surface area contributed by atoms with Crippen LogP contribution in [0.25, 0.3) is 11.0 Å². The van der Waals surface area contributed by atoms with E-state index in [9.17, 15) is 4.79 Å². The molecule has 3 rings (SSSR count). The minimum atomic E-state index is -0.689. The molecule has 1 aliphatic rings. The highest BCUT2D eigenvalue weighted by molar-refractivity contribution is 5.74. The van der Waals surface area contributed by atoms with Gasteiger partial charge in [-0.3, -0.25) is 9.78 Å². The molecule has 4 heteroatoms. The molecular formula is C14H14N2O2. The Labute approximate surface area is 105 Å². The summed E-state index contributed by atoms with van der Waals surface area (Å²) in [7, 11) is 0. The molecule has 92 valence electrons. The highest BCUT2D eigenvalue weighted by atomic mass is 16.4. The molecule has 2 unspecified atom stereocenters. The molecule has 1 aromatic carbocycles. The van der Waals surface area contributed by atoms with Crippen molar-refractivity contribution >= 4 is 17.0 Å². The van der Waals surface area contributed by atoms with Crippen LogP contribution in [0, 0.1) is 5.92 Å². The average molecular weight is 242 g/mol. The van der Waals surface area contributed by atoms with E-state index >= 15 is 0 Å². The standard InChI is InChI=1S/C14H14N2O2/c17-14(18)10-6-5-9(7-10)13-8-15-11-3-1-2-4-12(11)16-13/h1-4,8-10H,5-7H2,(H,17,18). The number of aromatic nitrogens is 2. The summed E-state index contributed by atoms with van der Waals surface area (Å²) in [6.07, 6.45) is 4.11. The number of aliphatic carboxylic acids is 1. The lowest BCUT2D eigenvalue weighted by molar-refractivity contribution is -0.141. The maximum Gasteiger partial charge on any atom is 0.306 e. The number of carbonyl (C=O) groups is 1. The van der Waals surface area contributed by atoms with Crippen molar-refractivity contribution in [3.05, 3.63) is 36.2 Å². The molecule has 2 atom stereocenters. The lowest BCUT2D eigenvalue weighted by atomic mass is 10.0. The molecule has 1 heterocycles. The fraction of sp³-hybridized carbons (Fsp3) is 0.357. The molecule has 1 aliphatic carbocycles. The summed E-state index contributed by atoms with van der Waals surface area (Å²) >= 11 is 0. The van der Waals surface area contributed by atoms with Crippen LogP contribution in [0.15, 0.2) is 30.5 Å². The van der Waals surface area contributed by atoms with E-state index in [1.54, 1.807) is 6.20 Å². The summed E-state index contributed by atoms with van der Waals surface area (Å²) in [5.41, 5.74) is 2.69. The highest BCUT2D eigenvalue weighted by Crippen LogP contribution is 2.37. The SMILES string of the molecule is O=C(O)C1CCC(c2cnc3ccccc3n2)C1. The second-order valence-electron chi connectivity index (χ2n) is 4.83. The van der Waals surface area contributed by atoms with Gasteiger partial charge in [-0.15, -0.1) is 0 Å². The van der Waals surface area contributed by atoms with E-state index < -0.39 is 5.97 Å². The van der Waals surface area contributed by atoms with Crippen LogP contribution in [0.4, 0.5) is 0 Å². The Morgan fingerprint density at radius 2 is 2.00 bits per heavy atom. The molecule has 0 radical (unpaired) electrons. The molecule has 1 aromatic heterocycles. The summed E-state index contributed by atoms with van der Waals surface area (Å²) in [6.45, 7) is 0. The summed E-state index contributed by atoms with van der Waals surface area (Å²) in [5.74, 6) is -0.669. The number of fused-ring (bicyclic) bond motifs is 1. The fourth-order valence-electron chi connectivity index (χ4n) is 2.64. The van der Waals surface area contributed by atoms with Crippen molar-refractivity contribution < 1.29 is 9.90 Å². The Balaban J connectivity index is 1.89. The largest absolute Gasteiger partial charge is 0.481 e. The van der Waals surface area contributed by atoms with Crippen LogP contribution in [-0.4, -0.2) is 21.0 Å². The van der Waals surface area contributed by atoms with Crippen molar-refractivity contribution in [2.45, 2.75) is 25.2 Å². The van der Waals surface area contributed by atoms with Crippen molar-refractivity contribution in [1.82, 2.24) is 9.97 Å². The third kappa shape index (κ3) is 1.94. The molecule has 18 heavy (non-hydrogen) atoms. The number of benzene rings is 1. The minimum Gasteiger partial charge on any atom is -0.481 e. The van der Waals surface area contributed by atoms with E-state index in [0.29, 0.717) is 6.42 Å². The zero-order chi connectivity index (χ0) is 12.5. The first kappa shape index (κ1) is 11.1. The molecule has 1 fully saturated rings. The summed E-state index contributed by atoms with van der Waals surface area (Å²) in [5, 5.41) is 9.01. The predicted molar refractivity (Wildman–Crippen MR) is 67.3 cm³/mol. The van der Waals surface area contributed by atoms with Gasteiger partial charge in [0.05, 0.1) is 22.6 Å². The van der Waals surface area contributed by atoms with Gasteiger partial charge in [-0.2, -0.15) is 0 Å². The van der Waals surface area contributed by atoms with Gasteiger partial charge >= 0.3 is 5.97 Å². The normalized spacial score (nSPS) is 23.3. The van der Waals surface area contributed by atoms with Gasteiger partial charge in [0.25, 0.3) is 0 Å². The van der Waals surface area contributed by atoms with Crippen LogP contribution >= 0.6 is 0 Å². The predicted octanol–water partition coefficient (Wildman–Crippen LogP) is 2.60. The van der Waals surface area contributed by atoms with E-state index in [-0.39, 0.29) is 11.8 Å². The number of para-hydroxylation sites is 2. The van der Waals surface area contributed by atoms with E-state index in [1.165, 1.54) is 0 Å². The number of carboxylic acids is 1. The molecule has 1 N–H and O–H groups in total. The van der Waals surface area contributed by atoms with Gasteiger partial charge in [-0.1, -0.05) is 12.1 Å². The van der Waals surface area contributed by atoms with Gasteiger partial charge in [-0.05, 0) is 31.4 Å². The number of carboxylic acid groups (broad SMARTS) is 1. The number of hydrogen-bond donors (Lipinski definition) is 1. The lowest BCUT2D eigenvalue weighted by Gasteiger charge is -2.09. The quantitative estimate of drug-likeness (QED) is 0.879. The molecular weight excluding hydrogens is 228 g/mol. The Bertz CT molecular complexity index is 597. The first-order valence-electron chi connectivity index (χ1n) is 6.18. The third-order valence-corrected chi connectivity index (χ3v) is 3.67. The monoisotopic (exact) mass is 242 g/mol. The van der Waals surface area contributed by atoms with E-state index in [4.69, 9.17) is 5.11 Å². The van der Waals surface area contributed by atoms with Crippen molar-refractivity contribution in [3.63, 3.8) is 0 Å². The molecule has 0 amide bonds. The lowest BCUT2D eigenvalue weighted by Crippen LogP contribution is -2.09. The number of hydrogen-bond acceptors (Lipinski definition) is 3. The molecule has 0 spiro atoms. The van der Waals surface area contributed by atoms with Crippen LogP contribution in [0.5, 0.6) is 0 Å². The third-order valence-electron chi connectivity index (χ3n) is 3.67. The Kier molecular flexibility index (Phi) is 2.70. The second kappa shape index (κ2) is 4.37. The number of rotatable bonds is 2. The van der Waals surface area contributed by atoms with E-state index in [2.05, 4.69) is 9.97 Å². The van der Waals surface area contributed by atoms with Crippen molar-refractivity contribution in [2.75, 3.05) is 0 Å².